The maximum Gasteiger partial charge on any atom is 0.310 e. The van der Waals surface area contributed by atoms with Crippen LogP contribution in [0.4, 0.5) is 0 Å². The second-order valence-electron chi connectivity index (χ2n) is 4.39. The number of hydrogen-bond donors (Lipinski definition) is 1. The van der Waals surface area contributed by atoms with Gasteiger partial charge in [-0.25, -0.2) is 0 Å². The normalized spacial score (nSPS) is 40.1. The summed E-state index contributed by atoms with van der Waals surface area (Å²) in [6.45, 7) is 4.51. The lowest BCUT2D eigenvalue weighted by Crippen LogP contribution is -2.61. The van der Waals surface area contributed by atoms with Crippen LogP contribution in [0.3, 0.4) is 0 Å². The summed E-state index contributed by atoms with van der Waals surface area (Å²) in [7, 11) is 0. The summed E-state index contributed by atoms with van der Waals surface area (Å²) in [5.74, 6) is 0.713. The summed E-state index contributed by atoms with van der Waals surface area (Å²) in [6.07, 6.45) is 3.36. The Morgan fingerprint density at radius 2 is 2.14 bits per heavy atom. The minimum atomic E-state index is 0.00926. The molecule has 3 rings (SSSR count). The van der Waals surface area contributed by atoms with E-state index in [9.17, 15) is 4.79 Å². The molecule has 0 aromatic heterocycles. The van der Waals surface area contributed by atoms with Gasteiger partial charge in [-0.15, -0.1) is 0 Å². The summed E-state index contributed by atoms with van der Waals surface area (Å²) in [5, 5.41) is 3.52. The quantitative estimate of drug-likeness (QED) is 0.694. The lowest BCUT2D eigenvalue weighted by molar-refractivity contribution is -0.156. The third-order valence-electron chi connectivity index (χ3n) is 3.56. The van der Waals surface area contributed by atoms with E-state index in [1.807, 2.05) is 6.92 Å². The topological polar surface area (TPSA) is 38.3 Å². The van der Waals surface area contributed by atoms with Crippen molar-refractivity contribution in [1.82, 2.24) is 5.32 Å². The van der Waals surface area contributed by atoms with Crippen LogP contribution in [0.1, 0.15) is 33.1 Å². The number of ether oxygens (including phenoxy) is 1. The molecule has 2 saturated heterocycles. The molecule has 2 atom stereocenters. The van der Waals surface area contributed by atoms with Crippen molar-refractivity contribution < 1.29 is 9.53 Å². The van der Waals surface area contributed by atoms with Crippen LogP contribution in [0.2, 0.25) is 0 Å². The maximum absolute atomic E-state index is 11.7. The Hall–Kier alpha value is -0.570. The fourth-order valence-electron chi connectivity index (χ4n) is 2.79. The molecule has 2 bridgehead atoms. The van der Waals surface area contributed by atoms with Crippen LogP contribution in [0.15, 0.2) is 0 Å². The van der Waals surface area contributed by atoms with Crippen molar-refractivity contribution >= 4 is 5.97 Å². The van der Waals surface area contributed by atoms with Gasteiger partial charge in [0.1, 0.15) is 0 Å². The van der Waals surface area contributed by atoms with Crippen LogP contribution in [-0.4, -0.2) is 24.7 Å². The zero-order valence-electron chi connectivity index (χ0n) is 8.95. The highest BCUT2D eigenvalue weighted by molar-refractivity contribution is 5.74. The molecule has 1 N–H and O–H groups in total. The fourth-order valence-corrected chi connectivity index (χ4v) is 2.79. The van der Waals surface area contributed by atoms with Gasteiger partial charge in [-0.1, -0.05) is 6.92 Å². The molecule has 80 valence electrons. The molecule has 2 aliphatic heterocycles. The highest BCUT2D eigenvalue weighted by Gasteiger charge is 2.48. The van der Waals surface area contributed by atoms with Crippen molar-refractivity contribution in [3.05, 3.63) is 0 Å². The van der Waals surface area contributed by atoms with Gasteiger partial charge in [-0.05, 0) is 32.1 Å². The van der Waals surface area contributed by atoms with E-state index in [-0.39, 0.29) is 11.9 Å². The van der Waals surface area contributed by atoms with Crippen molar-refractivity contribution in [3.63, 3.8) is 0 Å². The molecule has 14 heavy (non-hydrogen) atoms. The number of piperidine rings is 2. The third-order valence-corrected chi connectivity index (χ3v) is 3.56. The van der Waals surface area contributed by atoms with Crippen LogP contribution >= 0.6 is 0 Å². The fraction of sp³-hybridized carbons (Fsp3) is 0.909. The summed E-state index contributed by atoms with van der Waals surface area (Å²) in [5.41, 5.74) is 0. The zero-order valence-corrected chi connectivity index (χ0v) is 8.95. The van der Waals surface area contributed by atoms with Gasteiger partial charge >= 0.3 is 5.97 Å². The van der Waals surface area contributed by atoms with E-state index in [0.29, 0.717) is 24.6 Å². The third kappa shape index (κ3) is 1.54. The standard InChI is InChI=1S/C11H19NO2/c1-3-9-10(11(13)14-4-2)7-5-8(6-7)12-9/h7-10,12H,3-6H2,1-2H3. The molecular formula is C11H19NO2. The molecule has 0 aromatic carbocycles. The van der Waals surface area contributed by atoms with E-state index >= 15 is 0 Å². The van der Waals surface area contributed by atoms with Gasteiger partial charge in [-0.3, -0.25) is 4.79 Å². The largest absolute Gasteiger partial charge is 0.466 e. The number of carbonyl (C=O) groups is 1. The van der Waals surface area contributed by atoms with Gasteiger partial charge in [0.05, 0.1) is 12.5 Å². The van der Waals surface area contributed by atoms with E-state index < -0.39 is 0 Å². The first-order chi connectivity index (χ1) is 6.76. The number of fused-ring (bicyclic) bond motifs is 2. The molecule has 3 fully saturated rings. The van der Waals surface area contributed by atoms with Crippen molar-refractivity contribution in [2.24, 2.45) is 11.8 Å². The molecular weight excluding hydrogens is 178 g/mol. The zero-order chi connectivity index (χ0) is 10.1. The van der Waals surface area contributed by atoms with Crippen molar-refractivity contribution in [2.75, 3.05) is 6.61 Å². The number of hydrogen-bond acceptors (Lipinski definition) is 3. The monoisotopic (exact) mass is 197 g/mol. The minimum absolute atomic E-state index is 0.00926. The molecule has 0 spiro atoms. The Morgan fingerprint density at radius 1 is 1.43 bits per heavy atom. The molecule has 0 aromatic rings. The second-order valence-corrected chi connectivity index (χ2v) is 4.39. The Morgan fingerprint density at radius 3 is 2.71 bits per heavy atom. The summed E-state index contributed by atoms with van der Waals surface area (Å²) >= 11 is 0. The lowest BCUT2D eigenvalue weighted by Gasteiger charge is -2.50. The van der Waals surface area contributed by atoms with Crippen molar-refractivity contribution in [3.8, 4) is 0 Å². The molecule has 1 aliphatic carbocycles. The molecule has 0 radical (unpaired) electrons. The number of rotatable bonds is 3. The Balaban J connectivity index is 2.01. The first-order valence-electron chi connectivity index (χ1n) is 5.69. The van der Waals surface area contributed by atoms with Gasteiger partial charge < -0.3 is 10.1 Å². The maximum atomic E-state index is 11.7. The molecule has 3 aliphatic rings. The summed E-state index contributed by atoms with van der Waals surface area (Å²) in [4.78, 5) is 11.7. The Bertz CT molecular complexity index is 223. The van der Waals surface area contributed by atoms with Crippen LogP contribution in [0, 0.1) is 11.8 Å². The Labute approximate surface area is 85.2 Å². The average molecular weight is 197 g/mol. The van der Waals surface area contributed by atoms with Crippen molar-refractivity contribution in [1.29, 1.82) is 0 Å². The Kier molecular flexibility index (Phi) is 2.77. The molecule has 3 heteroatoms. The van der Waals surface area contributed by atoms with Gasteiger partial charge in [0.15, 0.2) is 0 Å². The van der Waals surface area contributed by atoms with E-state index in [1.165, 1.54) is 12.8 Å². The number of nitrogens with one attached hydrogen (secondary N) is 1. The molecule has 3 nitrogen and oxygen atoms in total. The van der Waals surface area contributed by atoms with E-state index in [2.05, 4.69) is 12.2 Å². The second kappa shape index (κ2) is 3.89. The molecule has 2 heterocycles. The van der Waals surface area contributed by atoms with Crippen LogP contribution in [-0.2, 0) is 9.53 Å². The number of esters is 1. The summed E-state index contributed by atoms with van der Waals surface area (Å²) in [6, 6.07) is 1.03. The highest BCUT2D eigenvalue weighted by atomic mass is 16.5. The van der Waals surface area contributed by atoms with Crippen LogP contribution in [0.25, 0.3) is 0 Å². The average Bonchev–Trinajstić information content (AvgIpc) is 2.16. The minimum Gasteiger partial charge on any atom is -0.466 e. The summed E-state index contributed by atoms with van der Waals surface area (Å²) < 4.78 is 5.13. The predicted molar refractivity (Wildman–Crippen MR) is 53.8 cm³/mol. The van der Waals surface area contributed by atoms with Gasteiger partial charge in [-0.2, -0.15) is 0 Å². The smallest absolute Gasteiger partial charge is 0.310 e. The molecule has 0 amide bonds. The first kappa shape index (κ1) is 9.97. The van der Waals surface area contributed by atoms with E-state index in [4.69, 9.17) is 4.74 Å². The molecule has 2 unspecified atom stereocenters. The highest BCUT2D eigenvalue weighted by Crippen LogP contribution is 2.42. The van der Waals surface area contributed by atoms with Crippen LogP contribution < -0.4 is 5.32 Å². The first-order valence-corrected chi connectivity index (χ1v) is 5.69. The van der Waals surface area contributed by atoms with Gasteiger partial charge in [0.25, 0.3) is 0 Å². The van der Waals surface area contributed by atoms with E-state index in [0.717, 1.165) is 6.42 Å². The SMILES string of the molecule is CCOC(=O)C1C2CC(C2)NC1CC. The van der Waals surface area contributed by atoms with E-state index in [1.54, 1.807) is 0 Å². The van der Waals surface area contributed by atoms with Gasteiger partial charge in [0.2, 0.25) is 0 Å². The van der Waals surface area contributed by atoms with Crippen LogP contribution in [0.5, 0.6) is 0 Å². The predicted octanol–water partition coefficient (Wildman–Crippen LogP) is 1.33. The lowest BCUT2D eigenvalue weighted by atomic mass is 9.65. The van der Waals surface area contributed by atoms with Crippen molar-refractivity contribution in [2.45, 2.75) is 45.2 Å². The van der Waals surface area contributed by atoms with Gasteiger partial charge in [0, 0.05) is 12.1 Å². The number of carbonyl (C=O) groups excluding carboxylic acids is 1. The molecule has 1 saturated carbocycles.